The number of rotatable bonds is 2. The highest BCUT2D eigenvalue weighted by Gasteiger charge is 1.96. The normalized spacial score (nSPS) is 10.4. The molecule has 0 fully saturated rings. The van der Waals surface area contributed by atoms with E-state index in [2.05, 4.69) is 49.0 Å². The van der Waals surface area contributed by atoms with Crippen LogP contribution in [0.4, 0.5) is 0 Å². The first-order valence-electron chi connectivity index (χ1n) is 4.58. The molecule has 0 saturated heterocycles. The zero-order valence-electron chi connectivity index (χ0n) is 8.16. The fourth-order valence-electron chi connectivity index (χ4n) is 1.43. The van der Waals surface area contributed by atoms with E-state index < -0.39 is 0 Å². The molecule has 0 unspecified atom stereocenters. The third-order valence-corrected chi connectivity index (χ3v) is 2.85. The van der Waals surface area contributed by atoms with Crippen LogP contribution in [0.5, 0.6) is 0 Å². The largest absolute Gasteiger partial charge is 0.0955 e. The van der Waals surface area contributed by atoms with Gasteiger partial charge in [-0.15, -0.1) is 0 Å². The quantitative estimate of drug-likeness (QED) is 0.645. The van der Waals surface area contributed by atoms with Gasteiger partial charge in [0.05, 0.1) is 0 Å². The summed E-state index contributed by atoms with van der Waals surface area (Å²) in [4.78, 5) is 2.39. The molecule has 0 aliphatic carbocycles. The maximum atomic E-state index is 3.89. The van der Waals surface area contributed by atoms with E-state index in [0.717, 1.165) is 4.91 Å². The van der Waals surface area contributed by atoms with Crippen LogP contribution < -0.4 is 0 Å². The number of allylic oxidation sites excluding steroid dienone is 1. The van der Waals surface area contributed by atoms with E-state index in [1.54, 1.807) is 11.8 Å². The van der Waals surface area contributed by atoms with E-state index in [-0.39, 0.29) is 0 Å². The zero-order chi connectivity index (χ0) is 9.97. The fourth-order valence-corrected chi connectivity index (χ4v) is 2.16. The molecule has 0 amide bonds. The molecule has 0 aliphatic rings. The number of fused-ring (bicyclic) bond motifs is 1. The minimum absolute atomic E-state index is 1.13. The minimum atomic E-state index is 1.13. The van der Waals surface area contributed by atoms with Crippen molar-refractivity contribution in [3.05, 3.63) is 53.9 Å². The molecule has 2 rings (SSSR count). The molecule has 1 heteroatoms. The van der Waals surface area contributed by atoms with Gasteiger partial charge in [0.25, 0.3) is 0 Å². The topological polar surface area (TPSA) is 0 Å². The van der Waals surface area contributed by atoms with Crippen molar-refractivity contribution in [2.75, 3.05) is 0 Å². The van der Waals surface area contributed by atoms with Crippen LogP contribution in [0.1, 0.15) is 6.92 Å². The van der Waals surface area contributed by atoms with E-state index in [9.17, 15) is 0 Å². The lowest BCUT2D eigenvalue weighted by molar-refractivity contribution is 1.50. The summed E-state index contributed by atoms with van der Waals surface area (Å²) in [5, 5.41) is 2.58. The molecular formula is C13H12S. The summed E-state index contributed by atoms with van der Waals surface area (Å²) in [6.07, 6.45) is 0. The lowest BCUT2D eigenvalue weighted by Gasteiger charge is -2.02. The summed E-state index contributed by atoms with van der Waals surface area (Å²) in [5.74, 6) is 0. The van der Waals surface area contributed by atoms with Crippen LogP contribution in [-0.4, -0.2) is 0 Å². The van der Waals surface area contributed by atoms with E-state index in [4.69, 9.17) is 0 Å². The van der Waals surface area contributed by atoms with E-state index in [0.29, 0.717) is 0 Å². The third-order valence-electron chi connectivity index (χ3n) is 2.01. The van der Waals surface area contributed by atoms with Gasteiger partial charge in [0.2, 0.25) is 0 Å². The Kier molecular flexibility index (Phi) is 2.60. The summed E-state index contributed by atoms with van der Waals surface area (Å²) < 4.78 is 0. The molecule has 0 atom stereocenters. The smallest absolute Gasteiger partial charge is 0.0125 e. The van der Waals surface area contributed by atoms with Gasteiger partial charge in [-0.3, -0.25) is 0 Å². The number of benzene rings is 2. The van der Waals surface area contributed by atoms with Crippen molar-refractivity contribution in [2.24, 2.45) is 0 Å². The van der Waals surface area contributed by atoms with Crippen molar-refractivity contribution in [1.82, 2.24) is 0 Å². The van der Waals surface area contributed by atoms with Crippen LogP contribution >= 0.6 is 11.8 Å². The van der Waals surface area contributed by atoms with Crippen molar-refractivity contribution in [1.29, 1.82) is 0 Å². The first kappa shape index (κ1) is 9.35. The van der Waals surface area contributed by atoms with Gasteiger partial charge in [-0.05, 0) is 34.7 Å². The van der Waals surface area contributed by atoms with Gasteiger partial charge in [0.1, 0.15) is 0 Å². The van der Waals surface area contributed by atoms with Crippen molar-refractivity contribution >= 4 is 22.5 Å². The van der Waals surface area contributed by atoms with Gasteiger partial charge < -0.3 is 0 Å². The molecule has 14 heavy (non-hydrogen) atoms. The Morgan fingerprint density at radius 2 is 1.79 bits per heavy atom. The van der Waals surface area contributed by atoms with Crippen molar-refractivity contribution in [3.8, 4) is 0 Å². The van der Waals surface area contributed by atoms with Gasteiger partial charge in [-0.25, -0.2) is 0 Å². The fraction of sp³-hybridized carbons (Fsp3) is 0.0769. The predicted octanol–water partition coefficient (Wildman–Crippen LogP) is 4.47. The summed E-state index contributed by atoms with van der Waals surface area (Å²) >= 11 is 1.72. The molecule has 2 aromatic carbocycles. The second kappa shape index (κ2) is 3.89. The Morgan fingerprint density at radius 3 is 2.50 bits per heavy atom. The maximum absolute atomic E-state index is 3.89. The average molecular weight is 200 g/mol. The lowest BCUT2D eigenvalue weighted by Crippen LogP contribution is -1.74. The Bertz CT molecular complexity index is 471. The van der Waals surface area contributed by atoms with Gasteiger partial charge >= 0.3 is 0 Å². The van der Waals surface area contributed by atoms with Gasteiger partial charge in [-0.2, -0.15) is 0 Å². The Balaban J connectivity index is 2.46. The Labute approximate surface area is 88.6 Å². The van der Waals surface area contributed by atoms with Crippen LogP contribution in [0, 0.1) is 0 Å². The Morgan fingerprint density at radius 1 is 1.07 bits per heavy atom. The molecule has 0 N–H and O–H groups in total. The first-order valence-corrected chi connectivity index (χ1v) is 5.39. The highest BCUT2D eigenvalue weighted by atomic mass is 32.2. The minimum Gasteiger partial charge on any atom is -0.0955 e. The molecule has 0 radical (unpaired) electrons. The summed E-state index contributed by atoms with van der Waals surface area (Å²) in [7, 11) is 0. The van der Waals surface area contributed by atoms with Gasteiger partial charge in [-0.1, -0.05) is 48.7 Å². The van der Waals surface area contributed by atoms with Crippen LogP contribution in [0.15, 0.2) is 58.8 Å². The molecular weight excluding hydrogens is 188 g/mol. The van der Waals surface area contributed by atoms with Crippen LogP contribution in [-0.2, 0) is 0 Å². The van der Waals surface area contributed by atoms with Crippen LogP contribution in [0.2, 0.25) is 0 Å². The molecule has 0 saturated carbocycles. The van der Waals surface area contributed by atoms with E-state index >= 15 is 0 Å². The molecule has 0 heterocycles. The SMILES string of the molecule is C=C(C)Sc1ccc2ccccc2c1. The van der Waals surface area contributed by atoms with Gasteiger partial charge in [0, 0.05) is 4.90 Å². The molecule has 70 valence electrons. The number of hydrogen-bond acceptors (Lipinski definition) is 1. The number of hydrogen-bond donors (Lipinski definition) is 0. The molecule has 0 aromatic heterocycles. The van der Waals surface area contributed by atoms with E-state index in [1.165, 1.54) is 15.7 Å². The number of thioether (sulfide) groups is 1. The second-order valence-corrected chi connectivity index (χ2v) is 4.69. The lowest BCUT2D eigenvalue weighted by atomic mass is 10.1. The maximum Gasteiger partial charge on any atom is 0.0125 e. The Hall–Kier alpha value is -1.21. The monoisotopic (exact) mass is 200 g/mol. The molecule has 0 aliphatic heterocycles. The molecule has 2 aromatic rings. The van der Waals surface area contributed by atoms with Crippen molar-refractivity contribution in [3.63, 3.8) is 0 Å². The van der Waals surface area contributed by atoms with Gasteiger partial charge in [0.15, 0.2) is 0 Å². The molecule has 0 spiro atoms. The van der Waals surface area contributed by atoms with E-state index in [1.807, 2.05) is 6.92 Å². The standard InChI is InChI=1S/C13H12S/c1-10(2)14-13-8-7-11-5-3-4-6-12(11)9-13/h3-9H,1H2,2H3. The van der Waals surface area contributed by atoms with Crippen molar-refractivity contribution in [2.45, 2.75) is 11.8 Å². The summed E-state index contributed by atoms with van der Waals surface area (Å²) in [6, 6.07) is 14.9. The molecule has 0 bridgehead atoms. The second-order valence-electron chi connectivity index (χ2n) is 3.31. The summed E-state index contributed by atoms with van der Waals surface area (Å²) in [5.41, 5.74) is 0. The zero-order valence-corrected chi connectivity index (χ0v) is 8.97. The van der Waals surface area contributed by atoms with Crippen LogP contribution in [0.25, 0.3) is 10.8 Å². The predicted molar refractivity (Wildman–Crippen MR) is 64.6 cm³/mol. The molecule has 0 nitrogen and oxygen atoms in total. The summed E-state index contributed by atoms with van der Waals surface area (Å²) in [6.45, 7) is 5.92. The third kappa shape index (κ3) is 1.99. The average Bonchev–Trinajstić information content (AvgIpc) is 2.17. The van der Waals surface area contributed by atoms with Crippen molar-refractivity contribution < 1.29 is 0 Å². The first-order chi connectivity index (χ1) is 6.75. The highest BCUT2D eigenvalue weighted by molar-refractivity contribution is 8.03. The van der Waals surface area contributed by atoms with Crippen LogP contribution in [0.3, 0.4) is 0 Å². The highest BCUT2D eigenvalue weighted by Crippen LogP contribution is 2.27.